The van der Waals surface area contributed by atoms with Crippen molar-refractivity contribution in [1.82, 2.24) is 0 Å². The third kappa shape index (κ3) is 5.43. The first kappa shape index (κ1) is 18.7. The van der Waals surface area contributed by atoms with Crippen LogP contribution in [-0.4, -0.2) is 22.9 Å². The fourth-order valence-electron chi connectivity index (χ4n) is 2.75. The molecule has 2 nitrogen and oxygen atoms in total. The minimum Gasteiger partial charge on any atom is -0.392 e. The van der Waals surface area contributed by atoms with Crippen LogP contribution in [-0.2, 0) is 0 Å². The van der Waals surface area contributed by atoms with Crippen molar-refractivity contribution in [2.24, 2.45) is 5.41 Å². The van der Waals surface area contributed by atoms with Crippen molar-refractivity contribution >= 4 is 0 Å². The number of aliphatic hydroxyl groups is 2. The molecule has 2 heteroatoms. The van der Waals surface area contributed by atoms with Crippen molar-refractivity contribution in [3.05, 3.63) is 58.7 Å². The molecule has 0 amide bonds. The first-order valence-corrected chi connectivity index (χ1v) is 8.00. The lowest BCUT2D eigenvalue weighted by molar-refractivity contribution is 0.228. The van der Waals surface area contributed by atoms with Crippen LogP contribution in [0.3, 0.4) is 0 Å². The molecular formula is C20H30O2. The van der Waals surface area contributed by atoms with E-state index in [1.807, 2.05) is 26.0 Å². The molecule has 1 rings (SSSR count). The Hall–Kier alpha value is -1.38. The first-order valence-electron chi connectivity index (χ1n) is 8.00. The van der Waals surface area contributed by atoms with Crippen LogP contribution >= 0.6 is 0 Å². The zero-order valence-electron chi connectivity index (χ0n) is 14.6. The number of hydrogen-bond donors (Lipinski definition) is 2. The normalized spacial score (nSPS) is 21.4. The zero-order chi connectivity index (χ0) is 16.8. The van der Waals surface area contributed by atoms with Crippen molar-refractivity contribution < 1.29 is 10.2 Å². The fraction of sp³-hybridized carbons (Fsp3) is 0.500. The molecule has 0 aromatic heterocycles. The van der Waals surface area contributed by atoms with Gasteiger partial charge in [-0.15, -0.1) is 0 Å². The van der Waals surface area contributed by atoms with Gasteiger partial charge in [0.2, 0.25) is 0 Å². The quantitative estimate of drug-likeness (QED) is 0.710. The molecule has 0 aromatic carbocycles. The van der Waals surface area contributed by atoms with Crippen molar-refractivity contribution in [3.63, 3.8) is 0 Å². The van der Waals surface area contributed by atoms with Gasteiger partial charge in [0, 0.05) is 0 Å². The summed E-state index contributed by atoms with van der Waals surface area (Å²) in [6, 6.07) is 0. The standard InChI is InChI=1S/C20H30O2/c1-15(7-6-8-16(2)12-14-21)9-10-19-18(17(3)22)11-13-20(19,4)5/h6-10,12,17,21-22H,11,13-14H2,1-5H3/b8-6+,10-9+,15-7+,16-12+. The van der Waals surface area contributed by atoms with Gasteiger partial charge in [-0.2, -0.15) is 0 Å². The molecular weight excluding hydrogens is 272 g/mol. The summed E-state index contributed by atoms with van der Waals surface area (Å²) in [6.07, 6.45) is 13.8. The molecule has 0 saturated heterocycles. The number of rotatable bonds is 6. The monoisotopic (exact) mass is 302 g/mol. The molecule has 0 spiro atoms. The average molecular weight is 302 g/mol. The number of hydrogen-bond acceptors (Lipinski definition) is 2. The second-order valence-electron chi connectivity index (χ2n) is 6.73. The minimum atomic E-state index is -0.364. The van der Waals surface area contributed by atoms with Gasteiger partial charge < -0.3 is 10.2 Å². The van der Waals surface area contributed by atoms with E-state index in [4.69, 9.17) is 5.11 Å². The number of allylic oxidation sites excluding steroid dienone is 8. The van der Waals surface area contributed by atoms with Crippen molar-refractivity contribution in [2.75, 3.05) is 6.61 Å². The summed E-state index contributed by atoms with van der Waals surface area (Å²) in [7, 11) is 0. The maximum Gasteiger partial charge on any atom is 0.0727 e. The molecule has 1 unspecified atom stereocenters. The lowest BCUT2D eigenvalue weighted by atomic mass is 9.84. The van der Waals surface area contributed by atoms with Crippen LogP contribution in [0.1, 0.15) is 47.5 Å². The maximum absolute atomic E-state index is 9.93. The molecule has 0 heterocycles. The van der Waals surface area contributed by atoms with E-state index >= 15 is 0 Å². The van der Waals surface area contributed by atoms with Crippen LogP contribution in [0, 0.1) is 5.41 Å². The van der Waals surface area contributed by atoms with E-state index in [9.17, 15) is 5.11 Å². The molecule has 0 fully saturated rings. The van der Waals surface area contributed by atoms with Gasteiger partial charge in [-0.25, -0.2) is 0 Å². The van der Waals surface area contributed by atoms with Gasteiger partial charge in [0.15, 0.2) is 0 Å². The Morgan fingerprint density at radius 2 is 1.91 bits per heavy atom. The van der Waals surface area contributed by atoms with Gasteiger partial charge in [-0.3, -0.25) is 0 Å². The summed E-state index contributed by atoms with van der Waals surface area (Å²) < 4.78 is 0. The average Bonchev–Trinajstić information content (AvgIpc) is 2.72. The third-order valence-corrected chi connectivity index (χ3v) is 4.24. The SMILES string of the molecule is CC(/C=C/C1=C(C(C)O)CCC1(C)C)=C\C=C\C(C)=C\CO. The molecule has 22 heavy (non-hydrogen) atoms. The summed E-state index contributed by atoms with van der Waals surface area (Å²) in [6.45, 7) is 10.4. The summed E-state index contributed by atoms with van der Waals surface area (Å²) >= 11 is 0. The van der Waals surface area contributed by atoms with Gasteiger partial charge in [0.05, 0.1) is 12.7 Å². The van der Waals surface area contributed by atoms with Crippen molar-refractivity contribution in [2.45, 2.75) is 53.6 Å². The van der Waals surface area contributed by atoms with Crippen LogP contribution in [0.25, 0.3) is 0 Å². The van der Waals surface area contributed by atoms with E-state index in [0.717, 1.165) is 24.0 Å². The minimum absolute atomic E-state index is 0.0735. The lowest BCUT2D eigenvalue weighted by Crippen LogP contribution is -2.10. The van der Waals surface area contributed by atoms with Crippen molar-refractivity contribution in [1.29, 1.82) is 0 Å². The summed E-state index contributed by atoms with van der Waals surface area (Å²) in [4.78, 5) is 0. The molecule has 0 aromatic rings. The van der Waals surface area contributed by atoms with Crippen molar-refractivity contribution in [3.8, 4) is 0 Å². The topological polar surface area (TPSA) is 40.5 Å². The highest BCUT2D eigenvalue weighted by Gasteiger charge is 2.32. The van der Waals surface area contributed by atoms with E-state index in [0.29, 0.717) is 0 Å². The summed E-state index contributed by atoms with van der Waals surface area (Å²) in [5.74, 6) is 0. The summed E-state index contributed by atoms with van der Waals surface area (Å²) in [5.41, 5.74) is 4.79. The molecule has 0 radical (unpaired) electrons. The Labute approximate surface area is 135 Å². The Bertz CT molecular complexity index is 526. The maximum atomic E-state index is 9.93. The second-order valence-corrected chi connectivity index (χ2v) is 6.73. The van der Waals surface area contributed by atoms with Gasteiger partial charge >= 0.3 is 0 Å². The first-order chi connectivity index (χ1) is 10.3. The Morgan fingerprint density at radius 3 is 2.50 bits per heavy atom. The van der Waals surface area contributed by atoms with E-state index < -0.39 is 0 Å². The molecule has 0 aliphatic heterocycles. The van der Waals surface area contributed by atoms with E-state index in [2.05, 4.69) is 39.0 Å². The highest BCUT2D eigenvalue weighted by Crippen LogP contribution is 2.44. The van der Waals surface area contributed by atoms with Gasteiger partial charge in [-0.05, 0) is 50.2 Å². The van der Waals surface area contributed by atoms with Crippen LogP contribution < -0.4 is 0 Å². The smallest absolute Gasteiger partial charge is 0.0727 e. The molecule has 122 valence electrons. The molecule has 1 atom stereocenters. The molecule has 1 aliphatic rings. The fourth-order valence-corrected chi connectivity index (χ4v) is 2.75. The van der Waals surface area contributed by atoms with Gasteiger partial charge in [-0.1, -0.05) is 61.4 Å². The predicted molar refractivity (Wildman–Crippen MR) is 94.6 cm³/mol. The van der Waals surface area contributed by atoms with Gasteiger partial charge in [0.25, 0.3) is 0 Å². The lowest BCUT2D eigenvalue weighted by Gasteiger charge is -2.21. The second kappa shape index (κ2) is 8.30. The van der Waals surface area contributed by atoms with Crippen LogP contribution in [0.2, 0.25) is 0 Å². The van der Waals surface area contributed by atoms with Crippen LogP contribution in [0.5, 0.6) is 0 Å². The Balaban J connectivity index is 2.86. The zero-order valence-corrected chi connectivity index (χ0v) is 14.6. The molecule has 0 bridgehead atoms. The highest BCUT2D eigenvalue weighted by atomic mass is 16.3. The highest BCUT2D eigenvalue weighted by molar-refractivity contribution is 5.40. The van der Waals surface area contributed by atoms with E-state index in [1.54, 1.807) is 6.08 Å². The largest absolute Gasteiger partial charge is 0.392 e. The molecule has 2 N–H and O–H groups in total. The summed E-state index contributed by atoms with van der Waals surface area (Å²) in [5, 5.41) is 18.7. The molecule has 1 aliphatic carbocycles. The Morgan fingerprint density at radius 1 is 1.23 bits per heavy atom. The van der Waals surface area contributed by atoms with Gasteiger partial charge in [0.1, 0.15) is 0 Å². The predicted octanol–water partition coefficient (Wildman–Crippen LogP) is 4.48. The number of aliphatic hydroxyl groups excluding tert-OH is 2. The van der Waals surface area contributed by atoms with Crippen LogP contribution in [0.4, 0.5) is 0 Å². The van der Waals surface area contributed by atoms with E-state index in [1.165, 1.54) is 11.1 Å². The van der Waals surface area contributed by atoms with Crippen LogP contribution in [0.15, 0.2) is 58.7 Å². The Kier molecular flexibility index (Phi) is 7.05. The third-order valence-electron chi connectivity index (χ3n) is 4.24. The molecule has 0 saturated carbocycles. The van der Waals surface area contributed by atoms with E-state index in [-0.39, 0.29) is 18.1 Å².